The Morgan fingerprint density at radius 2 is 1.85 bits per heavy atom. The molecule has 0 atom stereocenters. The maximum Gasteiger partial charge on any atom is 0.406 e. The Balaban J connectivity index is 0.000000660. The number of aromatic nitrogens is 1. The van der Waals surface area contributed by atoms with Crippen LogP contribution in [0.4, 0.5) is 5.69 Å². The van der Waals surface area contributed by atoms with Crippen LogP contribution in [0.25, 0.3) is 0 Å². The first kappa shape index (κ1) is 24.0. The van der Waals surface area contributed by atoms with Crippen molar-refractivity contribution in [1.82, 2.24) is 9.88 Å². The van der Waals surface area contributed by atoms with Gasteiger partial charge in [0.15, 0.2) is 5.78 Å². The Labute approximate surface area is 156 Å². The Kier molecular flexibility index (Phi) is 10.7. The minimum Gasteiger partial charge on any atom is -0.433 e. The van der Waals surface area contributed by atoms with Gasteiger partial charge in [0.1, 0.15) is 0 Å². The van der Waals surface area contributed by atoms with Crippen molar-refractivity contribution in [3.8, 4) is 6.07 Å². The molecule has 1 heterocycles. The summed E-state index contributed by atoms with van der Waals surface area (Å²) in [5.41, 5.74) is 3.09. The van der Waals surface area contributed by atoms with E-state index in [0.717, 1.165) is 11.3 Å². The van der Waals surface area contributed by atoms with Gasteiger partial charge >= 0.3 is 7.05 Å². The third kappa shape index (κ3) is 7.10. The van der Waals surface area contributed by atoms with Crippen molar-refractivity contribution in [2.45, 2.75) is 40.4 Å². The number of anilines is 1. The molecule has 1 aromatic heterocycles. The SMILES string of the molecule is CB(O)Nc1c(C)nc(C)c(C)c1C(=O)CC#N.COC(OC)N(C)C. The number of pyridine rings is 1. The molecule has 0 fully saturated rings. The third-order valence-corrected chi connectivity index (χ3v) is 3.56. The van der Waals surface area contributed by atoms with E-state index in [4.69, 9.17) is 14.7 Å². The first-order chi connectivity index (χ1) is 12.1. The summed E-state index contributed by atoms with van der Waals surface area (Å²) in [6, 6.07) is 1.85. The van der Waals surface area contributed by atoms with E-state index >= 15 is 0 Å². The summed E-state index contributed by atoms with van der Waals surface area (Å²) < 4.78 is 9.73. The minimum atomic E-state index is -0.791. The van der Waals surface area contributed by atoms with E-state index in [1.54, 1.807) is 34.9 Å². The van der Waals surface area contributed by atoms with Crippen LogP contribution in [0.3, 0.4) is 0 Å². The molecule has 1 aromatic rings. The van der Waals surface area contributed by atoms with E-state index in [1.165, 1.54) is 0 Å². The summed E-state index contributed by atoms with van der Waals surface area (Å²) in [5.74, 6) is -0.258. The minimum absolute atomic E-state index is 0.182. The molecule has 9 heteroatoms. The fourth-order valence-corrected chi connectivity index (χ4v) is 2.35. The summed E-state index contributed by atoms with van der Waals surface area (Å²) in [4.78, 5) is 18.2. The first-order valence-corrected chi connectivity index (χ1v) is 8.15. The maximum absolute atomic E-state index is 12.0. The topological polar surface area (TPSA) is 108 Å². The smallest absolute Gasteiger partial charge is 0.406 e. The highest BCUT2D eigenvalue weighted by Gasteiger charge is 2.20. The second kappa shape index (κ2) is 11.6. The fourth-order valence-electron chi connectivity index (χ4n) is 2.35. The molecule has 0 bridgehead atoms. The molecular weight excluding hydrogens is 335 g/mol. The number of hydrogen-bond donors (Lipinski definition) is 2. The first-order valence-electron chi connectivity index (χ1n) is 8.15. The van der Waals surface area contributed by atoms with Gasteiger partial charge in [0.25, 0.3) is 0 Å². The number of methoxy groups -OCH3 is 2. The number of rotatable bonds is 7. The van der Waals surface area contributed by atoms with Crippen molar-refractivity contribution in [3.05, 3.63) is 22.5 Å². The van der Waals surface area contributed by atoms with Gasteiger partial charge in [0.2, 0.25) is 6.41 Å². The summed E-state index contributed by atoms with van der Waals surface area (Å²) in [7, 11) is 6.19. The van der Waals surface area contributed by atoms with Crippen molar-refractivity contribution in [2.75, 3.05) is 33.5 Å². The van der Waals surface area contributed by atoms with E-state index in [1.807, 2.05) is 32.0 Å². The monoisotopic (exact) mass is 364 g/mol. The van der Waals surface area contributed by atoms with Crippen molar-refractivity contribution in [1.29, 1.82) is 5.26 Å². The lowest BCUT2D eigenvalue weighted by Gasteiger charge is -2.19. The molecule has 8 nitrogen and oxygen atoms in total. The average Bonchev–Trinajstić information content (AvgIpc) is 2.54. The molecule has 0 radical (unpaired) electrons. The number of ketones is 1. The Morgan fingerprint density at radius 3 is 2.19 bits per heavy atom. The molecule has 0 aliphatic carbocycles. The zero-order chi connectivity index (χ0) is 20.4. The Bertz CT molecular complexity index is 641. The third-order valence-electron chi connectivity index (χ3n) is 3.56. The zero-order valence-electron chi connectivity index (χ0n) is 16.9. The van der Waals surface area contributed by atoms with Gasteiger partial charge in [-0.3, -0.25) is 14.7 Å². The van der Waals surface area contributed by atoms with Crippen LogP contribution in [0.2, 0.25) is 6.82 Å². The van der Waals surface area contributed by atoms with Crippen LogP contribution in [0.1, 0.15) is 33.7 Å². The van der Waals surface area contributed by atoms with Crippen LogP contribution in [0.5, 0.6) is 0 Å². The van der Waals surface area contributed by atoms with Crippen LogP contribution in [0.15, 0.2) is 0 Å². The number of carbonyl (C=O) groups excluding carboxylic acids is 1. The van der Waals surface area contributed by atoms with Crippen molar-refractivity contribution >= 4 is 18.5 Å². The van der Waals surface area contributed by atoms with Crippen LogP contribution in [-0.4, -0.2) is 62.5 Å². The number of nitriles is 1. The van der Waals surface area contributed by atoms with Gasteiger partial charge in [-0.05, 0) is 47.3 Å². The highest BCUT2D eigenvalue weighted by Crippen LogP contribution is 2.26. The van der Waals surface area contributed by atoms with Crippen molar-refractivity contribution in [3.63, 3.8) is 0 Å². The number of carbonyl (C=O) groups is 1. The predicted molar refractivity (Wildman–Crippen MR) is 102 cm³/mol. The molecule has 26 heavy (non-hydrogen) atoms. The second-order valence-corrected chi connectivity index (χ2v) is 5.98. The normalized spacial score (nSPS) is 10.2. The quantitative estimate of drug-likeness (QED) is 0.428. The maximum atomic E-state index is 12.0. The lowest BCUT2D eigenvalue weighted by molar-refractivity contribution is -0.179. The van der Waals surface area contributed by atoms with Gasteiger partial charge in [0.05, 0.1) is 23.9 Å². The summed E-state index contributed by atoms with van der Waals surface area (Å²) in [6.07, 6.45) is -0.395. The number of aryl methyl sites for hydroxylation is 2. The summed E-state index contributed by atoms with van der Waals surface area (Å²) >= 11 is 0. The number of nitrogens with zero attached hydrogens (tertiary/aromatic N) is 3. The summed E-state index contributed by atoms with van der Waals surface area (Å²) in [5, 5.41) is 20.9. The van der Waals surface area contributed by atoms with Gasteiger partial charge in [-0.15, -0.1) is 0 Å². The molecule has 0 aromatic carbocycles. The lowest BCUT2D eigenvalue weighted by atomic mass is 9.86. The average molecular weight is 364 g/mol. The molecule has 0 aliphatic rings. The molecule has 1 rings (SSSR count). The van der Waals surface area contributed by atoms with E-state index in [0.29, 0.717) is 16.9 Å². The Morgan fingerprint density at radius 1 is 1.31 bits per heavy atom. The number of hydrogen-bond acceptors (Lipinski definition) is 8. The van der Waals surface area contributed by atoms with E-state index < -0.39 is 7.05 Å². The van der Waals surface area contributed by atoms with E-state index in [-0.39, 0.29) is 18.6 Å². The molecule has 0 aliphatic heterocycles. The molecule has 0 unspecified atom stereocenters. The molecule has 0 saturated heterocycles. The van der Waals surface area contributed by atoms with Gasteiger partial charge in [0, 0.05) is 25.5 Å². The molecule has 0 spiro atoms. The molecule has 0 saturated carbocycles. The van der Waals surface area contributed by atoms with Crippen molar-refractivity contribution in [2.24, 2.45) is 0 Å². The summed E-state index contributed by atoms with van der Waals surface area (Å²) in [6.45, 7) is 6.94. The number of Topliss-reactive ketones (excluding diaryl/α,β-unsaturated/α-hetero) is 1. The van der Waals surface area contributed by atoms with Crippen LogP contribution in [-0.2, 0) is 9.47 Å². The van der Waals surface area contributed by atoms with E-state index in [2.05, 4.69) is 10.2 Å². The van der Waals surface area contributed by atoms with Crippen LogP contribution in [0, 0.1) is 32.1 Å². The molecule has 0 amide bonds. The largest absolute Gasteiger partial charge is 0.433 e. The van der Waals surface area contributed by atoms with Crippen molar-refractivity contribution < 1.29 is 19.3 Å². The predicted octanol–water partition coefficient (Wildman–Crippen LogP) is 1.75. The van der Waals surface area contributed by atoms with E-state index in [9.17, 15) is 9.82 Å². The lowest BCUT2D eigenvalue weighted by Crippen LogP contribution is -2.30. The van der Waals surface area contributed by atoms with Gasteiger partial charge in [-0.1, -0.05) is 0 Å². The van der Waals surface area contributed by atoms with Gasteiger partial charge in [-0.25, -0.2) is 0 Å². The van der Waals surface area contributed by atoms with Crippen LogP contribution < -0.4 is 5.23 Å². The Hall–Kier alpha value is -1.99. The standard InChI is InChI=1S/C12H16BN3O2.C5H13NO2/c1-7-8(2)15-9(3)12(16-13(4)18)11(7)10(17)5-6-14;1-6(2)5(7-3)8-4/h16,18H,5H2,1-4H3;5H,1-4H3. The molecular formula is C17H29BN4O4. The highest BCUT2D eigenvalue weighted by atomic mass is 16.7. The van der Waals surface area contributed by atoms with Gasteiger partial charge < -0.3 is 19.7 Å². The van der Waals surface area contributed by atoms with Gasteiger partial charge in [-0.2, -0.15) is 5.26 Å². The fraction of sp³-hybridized carbons (Fsp3) is 0.588. The zero-order valence-corrected chi connectivity index (χ0v) is 16.9. The number of ether oxygens (including phenoxy) is 2. The van der Waals surface area contributed by atoms with Crippen LogP contribution >= 0.6 is 0 Å². The highest BCUT2D eigenvalue weighted by molar-refractivity contribution is 6.53. The second-order valence-electron chi connectivity index (χ2n) is 5.98. The number of nitrogens with one attached hydrogen (secondary N) is 1. The molecule has 144 valence electrons. The molecule has 2 N–H and O–H groups in total.